The molecule has 2 aliphatic rings. The largest absolute Gasteiger partial charge is 0.477 e. The van der Waals surface area contributed by atoms with E-state index in [1.54, 1.807) is 4.57 Å². The Hall–Kier alpha value is -2.12. The summed E-state index contributed by atoms with van der Waals surface area (Å²) >= 11 is 6.60. The van der Waals surface area contributed by atoms with E-state index in [2.05, 4.69) is 0 Å². The van der Waals surface area contributed by atoms with Gasteiger partial charge in [0, 0.05) is 36.9 Å². The molecule has 1 aromatic carbocycles. The molecule has 2 fully saturated rings. The first-order chi connectivity index (χ1) is 12.3. The summed E-state index contributed by atoms with van der Waals surface area (Å²) in [5.41, 5.74) is 5.68. The summed E-state index contributed by atoms with van der Waals surface area (Å²) in [5.74, 6) is -1.91. The number of aromatic nitrogens is 1. The van der Waals surface area contributed by atoms with E-state index in [4.69, 9.17) is 17.3 Å². The van der Waals surface area contributed by atoms with Crippen LogP contribution in [0.5, 0.6) is 0 Å². The van der Waals surface area contributed by atoms with Gasteiger partial charge in [0.05, 0.1) is 21.6 Å². The molecule has 0 unspecified atom stereocenters. The van der Waals surface area contributed by atoms with Crippen molar-refractivity contribution in [2.24, 2.45) is 5.73 Å². The molecule has 138 valence electrons. The van der Waals surface area contributed by atoms with Crippen LogP contribution in [0.25, 0.3) is 10.9 Å². The van der Waals surface area contributed by atoms with E-state index in [9.17, 15) is 14.7 Å². The first-order valence-corrected chi connectivity index (χ1v) is 8.99. The molecule has 1 saturated heterocycles. The Labute approximate surface area is 154 Å². The van der Waals surface area contributed by atoms with Gasteiger partial charge in [0.15, 0.2) is 5.82 Å². The molecular weight excluding hydrogens is 361 g/mol. The topological polar surface area (TPSA) is 88.6 Å². The number of hydrogen-bond donors (Lipinski definition) is 2. The van der Waals surface area contributed by atoms with Crippen LogP contribution in [0.4, 0.5) is 10.1 Å². The summed E-state index contributed by atoms with van der Waals surface area (Å²) in [6.07, 6.45) is 3.81. The van der Waals surface area contributed by atoms with E-state index >= 15 is 4.39 Å². The standard InChI is InChI=1S/C18H19ClFN3O3/c1-8-12-15(13(19)16(14(8)20)22-5-4-9(21)6-22)23(10-2-3-10)7-11(17(12)24)18(25)26/h7,9-10H,2-6,21H2,1H3,(H,25,26)/t9-/m0/s1. The van der Waals surface area contributed by atoms with Crippen molar-refractivity contribution in [2.75, 3.05) is 18.0 Å². The minimum atomic E-state index is -1.32. The summed E-state index contributed by atoms with van der Waals surface area (Å²) in [5, 5.41) is 9.57. The molecule has 0 bridgehead atoms. The Kier molecular flexibility index (Phi) is 3.96. The lowest BCUT2D eigenvalue weighted by molar-refractivity contribution is 0.0695. The van der Waals surface area contributed by atoms with Gasteiger partial charge in [-0.15, -0.1) is 0 Å². The molecule has 1 atom stereocenters. The maximum atomic E-state index is 15.2. The number of rotatable bonds is 3. The Morgan fingerprint density at radius 1 is 1.38 bits per heavy atom. The number of nitrogens with two attached hydrogens (primary N) is 1. The van der Waals surface area contributed by atoms with E-state index in [0.717, 1.165) is 19.3 Å². The van der Waals surface area contributed by atoms with Gasteiger partial charge in [0.2, 0.25) is 5.43 Å². The lowest BCUT2D eigenvalue weighted by Gasteiger charge is -2.24. The number of pyridine rings is 1. The van der Waals surface area contributed by atoms with E-state index in [-0.39, 0.29) is 39.3 Å². The second kappa shape index (κ2) is 5.96. The fourth-order valence-electron chi connectivity index (χ4n) is 3.76. The fourth-order valence-corrected chi connectivity index (χ4v) is 4.16. The summed E-state index contributed by atoms with van der Waals surface area (Å²) in [6.45, 7) is 2.57. The van der Waals surface area contributed by atoms with Crippen LogP contribution in [-0.4, -0.2) is 34.8 Å². The van der Waals surface area contributed by atoms with Gasteiger partial charge in [-0.25, -0.2) is 9.18 Å². The Bertz CT molecular complexity index is 1000. The Balaban J connectivity index is 2.09. The zero-order chi connectivity index (χ0) is 18.7. The summed E-state index contributed by atoms with van der Waals surface area (Å²) in [6, 6.07) is 0.0220. The second-order valence-electron chi connectivity index (χ2n) is 7.14. The van der Waals surface area contributed by atoms with Crippen molar-refractivity contribution in [1.29, 1.82) is 0 Å². The van der Waals surface area contributed by atoms with Crippen molar-refractivity contribution in [2.45, 2.75) is 38.3 Å². The van der Waals surface area contributed by atoms with Crippen molar-refractivity contribution in [3.63, 3.8) is 0 Å². The van der Waals surface area contributed by atoms with Gasteiger partial charge in [-0.3, -0.25) is 4.79 Å². The van der Waals surface area contributed by atoms with E-state index in [1.807, 2.05) is 4.90 Å². The summed E-state index contributed by atoms with van der Waals surface area (Å²) in [7, 11) is 0. The molecule has 1 aliphatic carbocycles. The van der Waals surface area contributed by atoms with Crippen LogP contribution in [-0.2, 0) is 0 Å². The smallest absolute Gasteiger partial charge is 0.341 e. The number of fused-ring (bicyclic) bond motifs is 1. The zero-order valence-corrected chi connectivity index (χ0v) is 15.0. The Morgan fingerprint density at radius 3 is 2.62 bits per heavy atom. The van der Waals surface area contributed by atoms with Crippen LogP contribution in [0.1, 0.15) is 41.2 Å². The molecule has 1 saturated carbocycles. The predicted molar refractivity (Wildman–Crippen MR) is 97.9 cm³/mol. The number of hydrogen-bond acceptors (Lipinski definition) is 4. The van der Waals surface area contributed by atoms with Crippen molar-refractivity contribution in [3.8, 4) is 0 Å². The highest BCUT2D eigenvalue weighted by molar-refractivity contribution is 6.38. The maximum absolute atomic E-state index is 15.2. The average molecular weight is 380 g/mol. The normalized spacial score (nSPS) is 20.2. The van der Waals surface area contributed by atoms with Gasteiger partial charge < -0.3 is 20.3 Å². The number of carboxylic acids is 1. The molecule has 2 aromatic rings. The van der Waals surface area contributed by atoms with Gasteiger partial charge in [-0.1, -0.05) is 11.6 Å². The minimum Gasteiger partial charge on any atom is -0.477 e. The molecule has 1 aliphatic heterocycles. The third-order valence-corrected chi connectivity index (χ3v) is 5.63. The third-order valence-electron chi connectivity index (χ3n) is 5.27. The minimum absolute atomic E-state index is 0.0477. The molecule has 0 radical (unpaired) electrons. The molecule has 26 heavy (non-hydrogen) atoms. The van der Waals surface area contributed by atoms with Crippen LogP contribution < -0.4 is 16.1 Å². The van der Waals surface area contributed by atoms with Crippen molar-refractivity contribution in [1.82, 2.24) is 4.57 Å². The molecule has 3 N–H and O–H groups in total. The molecule has 2 heterocycles. The first-order valence-electron chi connectivity index (χ1n) is 8.61. The van der Waals surface area contributed by atoms with Gasteiger partial charge in [-0.2, -0.15) is 0 Å². The fraction of sp³-hybridized carbons (Fsp3) is 0.444. The van der Waals surface area contributed by atoms with Crippen LogP contribution in [0.2, 0.25) is 5.02 Å². The molecule has 6 nitrogen and oxygen atoms in total. The van der Waals surface area contributed by atoms with Crippen molar-refractivity contribution >= 4 is 34.2 Å². The van der Waals surface area contributed by atoms with Gasteiger partial charge >= 0.3 is 5.97 Å². The van der Waals surface area contributed by atoms with E-state index in [1.165, 1.54) is 13.1 Å². The van der Waals surface area contributed by atoms with Gasteiger partial charge in [0.1, 0.15) is 5.56 Å². The third kappa shape index (κ3) is 2.49. The molecule has 0 spiro atoms. The quantitative estimate of drug-likeness (QED) is 0.855. The van der Waals surface area contributed by atoms with Crippen molar-refractivity contribution in [3.05, 3.63) is 38.4 Å². The molecular formula is C18H19ClFN3O3. The number of carbonyl (C=O) groups is 1. The predicted octanol–water partition coefficient (Wildman–Crippen LogP) is 2.67. The maximum Gasteiger partial charge on any atom is 0.341 e. The second-order valence-corrected chi connectivity index (χ2v) is 7.51. The van der Waals surface area contributed by atoms with Crippen molar-refractivity contribution < 1.29 is 14.3 Å². The highest BCUT2D eigenvalue weighted by Gasteiger charge is 2.33. The highest BCUT2D eigenvalue weighted by atomic mass is 35.5. The lowest BCUT2D eigenvalue weighted by Crippen LogP contribution is -2.28. The van der Waals surface area contributed by atoms with Gasteiger partial charge in [-0.05, 0) is 26.2 Å². The first kappa shape index (κ1) is 17.3. The molecule has 1 aromatic heterocycles. The molecule has 0 amide bonds. The number of nitrogens with zero attached hydrogens (tertiary/aromatic N) is 2. The average Bonchev–Trinajstić information content (AvgIpc) is 3.34. The lowest BCUT2D eigenvalue weighted by atomic mass is 10.0. The number of halogens is 2. The monoisotopic (exact) mass is 379 g/mol. The van der Waals surface area contributed by atoms with E-state index < -0.39 is 17.2 Å². The van der Waals surface area contributed by atoms with Crippen LogP contribution in [0.3, 0.4) is 0 Å². The number of aryl methyl sites for hydroxylation is 1. The number of aromatic carboxylic acids is 1. The van der Waals surface area contributed by atoms with Crippen LogP contribution in [0, 0.1) is 12.7 Å². The Morgan fingerprint density at radius 2 is 2.08 bits per heavy atom. The summed E-state index contributed by atoms with van der Waals surface area (Å²) < 4.78 is 16.9. The van der Waals surface area contributed by atoms with Gasteiger partial charge in [0.25, 0.3) is 0 Å². The number of carboxylic acid groups (broad SMARTS) is 1. The van der Waals surface area contributed by atoms with E-state index in [0.29, 0.717) is 18.6 Å². The molecule has 4 rings (SSSR count). The SMILES string of the molecule is Cc1c(F)c(N2CC[C@H](N)C2)c(Cl)c2c1c(=O)c(C(=O)O)cn2C1CC1. The van der Waals surface area contributed by atoms with Crippen LogP contribution in [0.15, 0.2) is 11.0 Å². The van der Waals surface area contributed by atoms with Crippen LogP contribution >= 0.6 is 11.6 Å². The number of anilines is 1. The number of benzene rings is 1. The zero-order valence-electron chi connectivity index (χ0n) is 14.3. The summed E-state index contributed by atoms with van der Waals surface area (Å²) in [4.78, 5) is 26.0. The highest BCUT2D eigenvalue weighted by Crippen LogP contribution is 2.43. The molecule has 8 heteroatoms.